The number of nitrogens with two attached hydrogens (primary N) is 1. The number of hydrogen-bond acceptors (Lipinski definition) is 2. The first-order valence-electron chi connectivity index (χ1n) is 6.70. The minimum atomic E-state index is 0.0815. The van der Waals surface area contributed by atoms with Crippen LogP contribution >= 0.6 is 11.6 Å². The van der Waals surface area contributed by atoms with Gasteiger partial charge in [-0.3, -0.25) is 4.68 Å². The molecule has 2 fully saturated rings. The molecule has 3 rings (SSSR count). The van der Waals surface area contributed by atoms with Crippen molar-refractivity contribution in [3.8, 4) is 0 Å². The average Bonchev–Trinajstić information content (AvgIpc) is 2.96. The maximum absolute atomic E-state index is 6.44. The van der Waals surface area contributed by atoms with Crippen LogP contribution in [0, 0.1) is 17.8 Å². The largest absolute Gasteiger partial charge is 0.322 e. The molecule has 0 bridgehead atoms. The number of nitrogens with zero attached hydrogens (tertiary/aromatic N) is 2. The first-order chi connectivity index (χ1) is 8.24. The predicted molar refractivity (Wildman–Crippen MR) is 68.8 cm³/mol. The first-order valence-corrected chi connectivity index (χ1v) is 7.08. The van der Waals surface area contributed by atoms with Crippen LogP contribution in [0.5, 0.6) is 0 Å². The second kappa shape index (κ2) is 4.29. The van der Waals surface area contributed by atoms with E-state index in [-0.39, 0.29) is 6.04 Å². The summed E-state index contributed by atoms with van der Waals surface area (Å²) in [7, 11) is 0. The van der Waals surface area contributed by atoms with Crippen molar-refractivity contribution in [2.75, 3.05) is 0 Å². The fraction of sp³-hybridized carbons (Fsp3) is 0.769. The van der Waals surface area contributed by atoms with Crippen molar-refractivity contribution in [2.24, 2.45) is 23.5 Å². The molecule has 2 aliphatic rings. The van der Waals surface area contributed by atoms with Gasteiger partial charge in [0.15, 0.2) is 0 Å². The Morgan fingerprint density at radius 1 is 1.47 bits per heavy atom. The van der Waals surface area contributed by atoms with E-state index in [1.807, 2.05) is 4.68 Å². The molecule has 0 aromatic carbocycles. The zero-order valence-electron chi connectivity index (χ0n) is 10.3. The summed E-state index contributed by atoms with van der Waals surface area (Å²) in [5.41, 5.74) is 7.49. The van der Waals surface area contributed by atoms with E-state index in [2.05, 4.69) is 12.0 Å². The van der Waals surface area contributed by atoms with Crippen LogP contribution in [0.15, 0.2) is 6.20 Å². The third-order valence-electron chi connectivity index (χ3n) is 4.59. The van der Waals surface area contributed by atoms with E-state index in [1.54, 1.807) is 6.20 Å². The summed E-state index contributed by atoms with van der Waals surface area (Å²) in [4.78, 5) is 0. The second-order valence-electron chi connectivity index (χ2n) is 5.41. The lowest BCUT2D eigenvalue weighted by atomic mass is 10.0. The number of rotatable bonds is 3. The summed E-state index contributed by atoms with van der Waals surface area (Å²) in [5, 5.41) is 5.03. The molecule has 3 unspecified atom stereocenters. The molecule has 0 saturated heterocycles. The van der Waals surface area contributed by atoms with E-state index < -0.39 is 0 Å². The van der Waals surface area contributed by atoms with Crippen LogP contribution in [-0.4, -0.2) is 9.78 Å². The molecule has 0 amide bonds. The van der Waals surface area contributed by atoms with Gasteiger partial charge < -0.3 is 5.73 Å². The molecule has 4 heteroatoms. The van der Waals surface area contributed by atoms with Gasteiger partial charge >= 0.3 is 0 Å². The van der Waals surface area contributed by atoms with Gasteiger partial charge in [0.05, 0.1) is 23.0 Å². The van der Waals surface area contributed by atoms with Crippen molar-refractivity contribution >= 4 is 11.6 Å². The lowest BCUT2D eigenvalue weighted by Gasteiger charge is -2.14. The van der Waals surface area contributed by atoms with Crippen molar-refractivity contribution in [1.29, 1.82) is 0 Å². The Morgan fingerprint density at radius 3 is 2.71 bits per heavy atom. The summed E-state index contributed by atoms with van der Waals surface area (Å²) in [6, 6.07) is 0.0815. The topological polar surface area (TPSA) is 43.8 Å². The fourth-order valence-corrected chi connectivity index (χ4v) is 3.99. The van der Waals surface area contributed by atoms with Crippen LogP contribution in [0.2, 0.25) is 5.02 Å². The Balaban J connectivity index is 1.82. The van der Waals surface area contributed by atoms with E-state index in [4.69, 9.17) is 17.3 Å². The quantitative estimate of drug-likeness (QED) is 0.900. The smallest absolute Gasteiger partial charge is 0.0834 e. The lowest BCUT2D eigenvalue weighted by molar-refractivity contribution is 0.480. The van der Waals surface area contributed by atoms with Crippen molar-refractivity contribution in [1.82, 2.24) is 9.78 Å². The van der Waals surface area contributed by atoms with Crippen LogP contribution in [0.4, 0.5) is 0 Å². The highest BCUT2D eigenvalue weighted by Crippen LogP contribution is 2.60. The van der Waals surface area contributed by atoms with Crippen LogP contribution in [0.3, 0.4) is 0 Å². The third kappa shape index (κ3) is 1.80. The van der Waals surface area contributed by atoms with Crippen LogP contribution in [0.25, 0.3) is 0 Å². The minimum absolute atomic E-state index is 0.0815. The van der Waals surface area contributed by atoms with E-state index in [0.717, 1.165) is 29.1 Å². The van der Waals surface area contributed by atoms with Gasteiger partial charge in [-0.05, 0) is 37.5 Å². The number of aromatic nitrogens is 2. The molecule has 2 N–H and O–H groups in total. The monoisotopic (exact) mass is 253 g/mol. The molecule has 1 aromatic rings. The van der Waals surface area contributed by atoms with Crippen LogP contribution < -0.4 is 5.73 Å². The normalized spacial score (nSPS) is 33.2. The summed E-state index contributed by atoms with van der Waals surface area (Å²) in [5.74, 6) is 2.36. The minimum Gasteiger partial charge on any atom is -0.322 e. The SMILES string of the molecule is CCn1ncc(Cl)c1C(N)C1C2CCCCC21. The summed E-state index contributed by atoms with van der Waals surface area (Å²) >= 11 is 6.22. The lowest BCUT2D eigenvalue weighted by Crippen LogP contribution is -2.19. The van der Waals surface area contributed by atoms with E-state index in [0.29, 0.717) is 5.92 Å². The summed E-state index contributed by atoms with van der Waals surface area (Å²) in [6.45, 7) is 2.93. The van der Waals surface area contributed by atoms with Crippen molar-refractivity contribution in [2.45, 2.75) is 45.2 Å². The maximum atomic E-state index is 6.44. The fourth-order valence-electron chi connectivity index (χ4n) is 3.72. The van der Waals surface area contributed by atoms with Crippen LogP contribution in [0.1, 0.15) is 44.3 Å². The number of hydrogen-bond donors (Lipinski definition) is 1. The van der Waals surface area contributed by atoms with Gasteiger partial charge in [0.1, 0.15) is 0 Å². The number of fused-ring (bicyclic) bond motifs is 1. The standard InChI is InChI=1S/C13H20ClN3/c1-2-17-13(10(14)7-16-17)12(15)11-8-5-3-4-6-9(8)11/h7-9,11-12H,2-6,15H2,1H3. The molecule has 0 spiro atoms. The van der Waals surface area contributed by atoms with E-state index in [1.165, 1.54) is 25.7 Å². The summed E-state index contributed by atoms with van der Waals surface area (Å²) < 4.78 is 1.96. The average molecular weight is 254 g/mol. The van der Waals surface area contributed by atoms with Gasteiger partial charge in [-0.25, -0.2) is 0 Å². The molecule has 1 aromatic heterocycles. The molecular formula is C13H20ClN3. The molecule has 94 valence electrons. The zero-order chi connectivity index (χ0) is 12.0. The zero-order valence-corrected chi connectivity index (χ0v) is 11.0. The first kappa shape index (κ1) is 11.5. The predicted octanol–water partition coefficient (Wildman–Crippen LogP) is 2.99. The highest BCUT2D eigenvalue weighted by Gasteiger charge is 2.54. The molecule has 0 aliphatic heterocycles. The Bertz CT molecular complexity index is 403. The van der Waals surface area contributed by atoms with E-state index >= 15 is 0 Å². The van der Waals surface area contributed by atoms with E-state index in [9.17, 15) is 0 Å². The summed E-state index contributed by atoms with van der Waals surface area (Å²) in [6.07, 6.45) is 7.21. The van der Waals surface area contributed by atoms with Gasteiger partial charge in [-0.1, -0.05) is 24.4 Å². The second-order valence-corrected chi connectivity index (χ2v) is 5.82. The Hall–Kier alpha value is -0.540. The molecular weight excluding hydrogens is 234 g/mol. The van der Waals surface area contributed by atoms with Crippen molar-refractivity contribution in [3.05, 3.63) is 16.9 Å². The molecule has 3 nitrogen and oxygen atoms in total. The Labute approximate surface area is 107 Å². The van der Waals surface area contributed by atoms with Gasteiger partial charge in [-0.15, -0.1) is 0 Å². The van der Waals surface area contributed by atoms with Crippen LogP contribution in [-0.2, 0) is 6.54 Å². The molecule has 17 heavy (non-hydrogen) atoms. The maximum Gasteiger partial charge on any atom is 0.0834 e. The highest BCUT2D eigenvalue weighted by molar-refractivity contribution is 6.31. The third-order valence-corrected chi connectivity index (χ3v) is 4.88. The van der Waals surface area contributed by atoms with Gasteiger partial charge in [0.25, 0.3) is 0 Å². The van der Waals surface area contributed by atoms with Crippen molar-refractivity contribution in [3.63, 3.8) is 0 Å². The Morgan fingerprint density at radius 2 is 2.12 bits per heavy atom. The van der Waals surface area contributed by atoms with Crippen molar-refractivity contribution < 1.29 is 0 Å². The molecule has 0 radical (unpaired) electrons. The molecule has 1 heterocycles. The number of aryl methyl sites for hydroxylation is 1. The molecule has 3 atom stereocenters. The highest BCUT2D eigenvalue weighted by atomic mass is 35.5. The van der Waals surface area contributed by atoms with Gasteiger partial charge in [0.2, 0.25) is 0 Å². The molecule has 2 saturated carbocycles. The van der Waals surface area contributed by atoms with Gasteiger partial charge in [-0.2, -0.15) is 5.10 Å². The van der Waals surface area contributed by atoms with Gasteiger partial charge in [0, 0.05) is 6.54 Å². The Kier molecular flexibility index (Phi) is 2.91. The molecule has 2 aliphatic carbocycles. The number of halogens is 1.